The largest absolute Gasteiger partial charge is 1.00 e. The summed E-state index contributed by atoms with van der Waals surface area (Å²) in [5.74, 6) is -2.40. The molecule has 0 aromatic rings. The molecule has 0 heterocycles. The van der Waals surface area contributed by atoms with Crippen LogP contribution in [0.25, 0.3) is 0 Å². The molecule has 0 aromatic carbocycles. The van der Waals surface area contributed by atoms with E-state index in [9.17, 15) is 19.8 Å². The van der Waals surface area contributed by atoms with Crippen LogP contribution in [0.1, 0.15) is 98.3 Å². The fourth-order valence-electron chi connectivity index (χ4n) is 1.56. The Bertz CT molecular complexity index is 279. The average Bonchev–Trinajstić information content (AvgIpc) is 2.51. The van der Waals surface area contributed by atoms with Crippen molar-refractivity contribution in [1.82, 2.24) is 0 Å². The number of hydrogen-bond donors (Lipinski definition) is 1. The maximum Gasteiger partial charge on any atom is 1.00 e. The molecule has 1 N–H and O–H groups in total. The Morgan fingerprint density at radius 2 is 0.920 bits per heavy atom. The van der Waals surface area contributed by atoms with E-state index >= 15 is 0 Å². The van der Waals surface area contributed by atoms with Gasteiger partial charge in [0, 0.05) is 5.97 Å². The predicted molar refractivity (Wildman–Crippen MR) is 91.2 cm³/mol. The van der Waals surface area contributed by atoms with Gasteiger partial charge in [-0.3, -0.25) is 0 Å². The van der Waals surface area contributed by atoms with E-state index in [1.165, 1.54) is 71.1 Å². The van der Waals surface area contributed by atoms with Crippen LogP contribution in [-0.2, 0) is 9.59 Å². The summed E-state index contributed by atoms with van der Waals surface area (Å²) in [6.45, 7) is 7.26. The van der Waals surface area contributed by atoms with Crippen molar-refractivity contribution in [2.75, 3.05) is 0 Å². The summed E-state index contributed by atoms with van der Waals surface area (Å²) in [7, 11) is 0. The van der Waals surface area contributed by atoms with Gasteiger partial charge in [0.2, 0.25) is 0 Å². The molecule has 138 valence electrons. The Balaban J connectivity index is -0.0000000873. The van der Waals surface area contributed by atoms with E-state index < -0.39 is 17.7 Å². The minimum absolute atomic E-state index is 0. The van der Waals surface area contributed by atoms with E-state index in [0.717, 1.165) is 6.92 Å². The molecular formula is C18H35NNa2O4. The van der Waals surface area contributed by atoms with Crippen LogP contribution < -0.4 is 69.3 Å². The number of carbonyl (C=O) groups excluding carboxylic acids is 2. The monoisotopic (exact) mass is 375 g/mol. The van der Waals surface area contributed by atoms with Gasteiger partial charge in [-0.1, -0.05) is 85.0 Å². The fraction of sp³-hybridized carbons (Fsp3) is 0.833. The topological polar surface area (TPSA) is 104 Å². The second-order valence-electron chi connectivity index (χ2n) is 5.47. The first-order valence-electron chi connectivity index (χ1n) is 8.79. The van der Waals surface area contributed by atoms with Gasteiger partial charge in [-0.2, -0.15) is 0 Å². The van der Waals surface area contributed by atoms with Crippen molar-refractivity contribution in [3.05, 3.63) is 0 Å². The number of carboxylic acids is 2. The molecule has 0 aliphatic rings. The van der Waals surface area contributed by atoms with Crippen molar-refractivity contribution >= 4 is 17.7 Å². The van der Waals surface area contributed by atoms with Gasteiger partial charge in [0.25, 0.3) is 0 Å². The number of rotatable bonds is 11. The number of unbranched alkanes of at least 4 members (excludes halogenated alkanes) is 9. The van der Waals surface area contributed by atoms with Gasteiger partial charge in [0.1, 0.15) is 0 Å². The molecule has 0 radical (unpaired) electrons. The van der Waals surface area contributed by atoms with Crippen LogP contribution in [0.3, 0.4) is 0 Å². The molecular weight excluding hydrogens is 340 g/mol. The maximum absolute atomic E-state index is 9.36. The molecule has 7 heteroatoms. The Morgan fingerprint density at radius 1 is 0.720 bits per heavy atom. The first kappa shape index (κ1) is 36.5. The number of carboxylic acid groups (broad SMARTS) is 2. The molecule has 0 amide bonds. The van der Waals surface area contributed by atoms with Crippen LogP contribution in [0.15, 0.2) is 0 Å². The number of nitrogens with one attached hydrogen (secondary N) is 1. The van der Waals surface area contributed by atoms with Gasteiger partial charge in [0.15, 0.2) is 0 Å². The average molecular weight is 375 g/mol. The van der Waals surface area contributed by atoms with Crippen molar-refractivity contribution in [2.45, 2.75) is 98.3 Å². The van der Waals surface area contributed by atoms with Crippen LogP contribution >= 0.6 is 0 Å². The van der Waals surface area contributed by atoms with Gasteiger partial charge in [0.05, 0.1) is 11.7 Å². The third-order valence-corrected chi connectivity index (χ3v) is 3.05. The predicted octanol–water partition coefficient (Wildman–Crippen LogP) is -3.14. The first-order valence-corrected chi connectivity index (χ1v) is 8.79. The van der Waals surface area contributed by atoms with E-state index in [1.54, 1.807) is 0 Å². The molecule has 0 aliphatic heterocycles. The Kier molecular flexibility index (Phi) is 47.2. The van der Waals surface area contributed by atoms with Crippen LogP contribution in [0.5, 0.6) is 0 Å². The molecule has 25 heavy (non-hydrogen) atoms. The van der Waals surface area contributed by atoms with E-state index in [1.807, 2.05) is 0 Å². The maximum atomic E-state index is 9.36. The van der Waals surface area contributed by atoms with Crippen molar-refractivity contribution < 1.29 is 78.9 Å². The van der Waals surface area contributed by atoms with E-state index in [-0.39, 0.29) is 65.5 Å². The first-order chi connectivity index (χ1) is 10.8. The minimum Gasteiger partial charge on any atom is -0.550 e. The smallest absolute Gasteiger partial charge is 0.550 e. The van der Waals surface area contributed by atoms with Crippen LogP contribution in [0.4, 0.5) is 0 Å². The van der Waals surface area contributed by atoms with E-state index in [0.29, 0.717) is 0 Å². The molecule has 0 unspecified atom stereocenters. The molecule has 0 fully saturated rings. The number of carbonyl (C=O) groups is 2. The third-order valence-electron chi connectivity index (χ3n) is 3.05. The third kappa shape index (κ3) is 51.6. The number of aliphatic carboxylic acids is 2. The molecule has 0 saturated carbocycles. The second-order valence-corrected chi connectivity index (χ2v) is 5.47. The summed E-state index contributed by atoms with van der Waals surface area (Å²) >= 11 is 0. The summed E-state index contributed by atoms with van der Waals surface area (Å²) in [6.07, 6.45) is 14.6. The molecule has 0 aliphatic carbocycles. The van der Waals surface area contributed by atoms with Crippen LogP contribution in [0, 0.1) is 5.41 Å². The standard InChI is InChI=1S/C12H26.C3H5NO2.C3H6O2.2Na/c1-3-5-7-9-11-12-10-8-6-4-2;1-2(4)3(5)6;1-2-3(4)5;;/h3-12H2,1-2H3;4H,1H3,(H,5,6);2H2,1H3,(H,4,5);;/q;;;2*+1/p-2. The van der Waals surface area contributed by atoms with Crippen molar-refractivity contribution in [1.29, 1.82) is 5.41 Å². The van der Waals surface area contributed by atoms with E-state index in [4.69, 9.17) is 5.41 Å². The Hall–Kier alpha value is 0.610. The van der Waals surface area contributed by atoms with E-state index in [2.05, 4.69) is 13.8 Å². The quantitative estimate of drug-likeness (QED) is 0.234. The van der Waals surface area contributed by atoms with Gasteiger partial charge in [-0.05, 0) is 13.3 Å². The summed E-state index contributed by atoms with van der Waals surface area (Å²) < 4.78 is 0. The van der Waals surface area contributed by atoms with Crippen molar-refractivity contribution in [3.8, 4) is 0 Å². The molecule has 0 rings (SSSR count). The van der Waals surface area contributed by atoms with Gasteiger partial charge in [-0.25, -0.2) is 0 Å². The molecule has 0 aromatic heterocycles. The van der Waals surface area contributed by atoms with Gasteiger partial charge < -0.3 is 25.2 Å². The van der Waals surface area contributed by atoms with Crippen LogP contribution in [-0.4, -0.2) is 17.7 Å². The minimum atomic E-state index is -1.41. The summed E-state index contributed by atoms with van der Waals surface area (Å²) in [5, 5.41) is 24.9. The molecule has 0 spiro atoms. The van der Waals surface area contributed by atoms with Crippen LogP contribution in [0.2, 0.25) is 0 Å². The molecule has 0 atom stereocenters. The fourth-order valence-corrected chi connectivity index (χ4v) is 1.56. The summed E-state index contributed by atoms with van der Waals surface area (Å²) in [4.78, 5) is 18.6. The number of hydrogen-bond acceptors (Lipinski definition) is 5. The van der Waals surface area contributed by atoms with Crippen molar-refractivity contribution in [3.63, 3.8) is 0 Å². The van der Waals surface area contributed by atoms with Gasteiger partial charge in [-0.15, -0.1) is 0 Å². The zero-order valence-corrected chi connectivity index (χ0v) is 21.4. The SMILES string of the molecule is CC(=N)C(=O)[O-].CCC(=O)[O-].CCCCCCCCCCCC.[Na+].[Na+]. The van der Waals surface area contributed by atoms with Crippen molar-refractivity contribution in [2.24, 2.45) is 0 Å². The Morgan fingerprint density at radius 3 is 1.04 bits per heavy atom. The normalized spacial score (nSPS) is 8.32. The Labute approximate surface area is 198 Å². The molecule has 0 saturated heterocycles. The molecule has 0 bridgehead atoms. The molecule has 5 nitrogen and oxygen atoms in total. The zero-order valence-electron chi connectivity index (χ0n) is 17.4. The summed E-state index contributed by atoms with van der Waals surface area (Å²) in [6, 6.07) is 0. The summed E-state index contributed by atoms with van der Waals surface area (Å²) in [5.41, 5.74) is -0.435. The van der Waals surface area contributed by atoms with Gasteiger partial charge >= 0.3 is 59.1 Å². The second kappa shape index (κ2) is 32.3. The zero-order chi connectivity index (χ0) is 18.5.